The first-order chi connectivity index (χ1) is 9.80. The van der Waals surface area contributed by atoms with Gasteiger partial charge in [0.15, 0.2) is 0 Å². The summed E-state index contributed by atoms with van der Waals surface area (Å²) in [5, 5.41) is 0. The zero-order valence-corrected chi connectivity index (χ0v) is 13.7. The van der Waals surface area contributed by atoms with Gasteiger partial charge in [-0.3, -0.25) is 0 Å². The molecule has 0 amide bonds. The highest BCUT2D eigenvalue weighted by Crippen LogP contribution is 2.21. The summed E-state index contributed by atoms with van der Waals surface area (Å²) in [7, 11) is -1.84. The molecule has 0 aliphatic rings. The van der Waals surface area contributed by atoms with Crippen LogP contribution in [0, 0.1) is 20.8 Å². The fourth-order valence-corrected chi connectivity index (χ4v) is 3.65. The predicted octanol–water partition coefficient (Wildman–Crippen LogP) is 3.43. The second kappa shape index (κ2) is 6.00. The van der Waals surface area contributed by atoms with Crippen molar-refractivity contribution < 1.29 is 8.42 Å². The third-order valence-electron chi connectivity index (χ3n) is 3.54. The van der Waals surface area contributed by atoms with Crippen LogP contribution in [-0.4, -0.2) is 19.8 Å². The molecular formula is C17H21NO2S. The first-order valence-corrected chi connectivity index (χ1v) is 8.34. The summed E-state index contributed by atoms with van der Waals surface area (Å²) in [6.07, 6.45) is 0. The Kier molecular flexibility index (Phi) is 4.49. The molecule has 3 nitrogen and oxygen atoms in total. The Labute approximate surface area is 127 Å². The average molecular weight is 303 g/mol. The van der Waals surface area contributed by atoms with E-state index < -0.39 is 10.0 Å². The largest absolute Gasteiger partial charge is 0.243 e. The van der Waals surface area contributed by atoms with Crippen molar-refractivity contribution in [3.63, 3.8) is 0 Å². The van der Waals surface area contributed by atoms with Crippen molar-refractivity contribution in [3.05, 3.63) is 64.7 Å². The molecule has 0 bridgehead atoms. The third-order valence-corrected chi connectivity index (χ3v) is 5.51. The van der Waals surface area contributed by atoms with Crippen LogP contribution in [0.2, 0.25) is 0 Å². The Morgan fingerprint density at radius 2 is 1.48 bits per heavy atom. The van der Waals surface area contributed by atoms with Crippen molar-refractivity contribution in [2.45, 2.75) is 32.2 Å². The van der Waals surface area contributed by atoms with E-state index in [0.717, 1.165) is 16.7 Å². The molecule has 0 aliphatic carbocycles. The number of rotatable bonds is 4. The van der Waals surface area contributed by atoms with Gasteiger partial charge in [-0.2, -0.15) is 4.31 Å². The SMILES string of the molecule is Cc1ccc(CN(C)S(=O)(=O)c2ccc(C)cc2C)cc1. The van der Waals surface area contributed by atoms with Gasteiger partial charge in [-0.15, -0.1) is 0 Å². The van der Waals surface area contributed by atoms with Gasteiger partial charge in [-0.1, -0.05) is 47.5 Å². The van der Waals surface area contributed by atoms with E-state index in [1.807, 2.05) is 57.2 Å². The molecule has 0 saturated carbocycles. The minimum atomic E-state index is -3.46. The quantitative estimate of drug-likeness (QED) is 0.867. The second-order valence-electron chi connectivity index (χ2n) is 5.52. The number of sulfonamides is 1. The van der Waals surface area contributed by atoms with Crippen molar-refractivity contribution in [1.82, 2.24) is 4.31 Å². The Bertz CT molecular complexity index is 734. The highest BCUT2D eigenvalue weighted by atomic mass is 32.2. The first kappa shape index (κ1) is 15.7. The maximum Gasteiger partial charge on any atom is 0.243 e. The molecule has 0 aromatic heterocycles. The first-order valence-electron chi connectivity index (χ1n) is 6.90. The molecule has 4 heteroatoms. The maximum absolute atomic E-state index is 12.7. The van der Waals surface area contributed by atoms with Gasteiger partial charge in [0.1, 0.15) is 0 Å². The van der Waals surface area contributed by atoms with Crippen LogP contribution in [0.5, 0.6) is 0 Å². The number of nitrogens with zero attached hydrogens (tertiary/aromatic N) is 1. The molecule has 0 saturated heterocycles. The molecule has 2 aromatic rings. The molecule has 0 heterocycles. The van der Waals surface area contributed by atoms with Gasteiger partial charge in [-0.25, -0.2) is 8.42 Å². The van der Waals surface area contributed by atoms with Crippen LogP contribution in [0.15, 0.2) is 47.4 Å². The minimum Gasteiger partial charge on any atom is -0.207 e. The average Bonchev–Trinajstić information content (AvgIpc) is 2.40. The summed E-state index contributed by atoms with van der Waals surface area (Å²) in [6, 6.07) is 13.3. The van der Waals surface area contributed by atoms with Gasteiger partial charge in [0.05, 0.1) is 4.90 Å². The number of hydrogen-bond donors (Lipinski definition) is 0. The summed E-state index contributed by atoms with van der Waals surface area (Å²) in [6.45, 7) is 6.18. The van der Waals surface area contributed by atoms with Crippen LogP contribution in [-0.2, 0) is 16.6 Å². The molecule has 0 unspecified atom stereocenters. The molecular weight excluding hydrogens is 282 g/mol. The maximum atomic E-state index is 12.7. The normalized spacial score (nSPS) is 11.9. The summed E-state index contributed by atoms with van der Waals surface area (Å²) >= 11 is 0. The zero-order valence-electron chi connectivity index (χ0n) is 12.9. The Balaban J connectivity index is 2.28. The lowest BCUT2D eigenvalue weighted by molar-refractivity contribution is 0.466. The Morgan fingerprint density at radius 1 is 0.905 bits per heavy atom. The van der Waals surface area contributed by atoms with E-state index in [4.69, 9.17) is 0 Å². The van der Waals surface area contributed by atoms with Crippen molar-refractivity contribution in [2.24, 2.45) is 0 Å². The Morgan fingerprint density at radius 3 is 2.05 bits per heavy atom. The summed E-state index contributed by atoms with van der Waals surface area (Å²) < 4.78 is 26.7. The van der Waals surface area contributed by atoms with Gasteiger partial charge < -0.3 is 0 Å². The van der Waals surface area contributed by atoms with E-state index in [2.05, 4.69) is 0 Å². The van der Waals surface area contributed by atoms with Crippen molar-refractivity contribution >= 4 is 10.0 Å². The van der Waals surface area contributed by atoms with Crippen LogP contribution < -0.4 is 0 Å². The smallest absolute Gasteiger partial charge is 0.207 e. The lowest BCUT2D eigenvalue weighted by Gasteiger charge is -2.19. The van der Waals surface area contributed by atoms with Crippen molar-refractivity contribution in [2.75, 3.05) is 7.05 Å². The van der Waals surface area contributed by atoms with Gasteiger partial charge in [0.2, 0.25) is 10.0 Å². The fraction of sp³-hybridized carbons (Fsp3) is 0.294. The van der Waals surface area contributed by atoms with E-state index in [1.165, 1.54) is 9.87 Å². The number of aryl methyl sites for hydroxylation is 3. The van der Waals surface area contributed by atoms with E-state index >= 15 is 0 Å². The van der Waals surface area contributed by atoms with Crippen LogP contribution in [0.1, 0.15) is 22.3 Å². The molecule has 0 N–H and O–H groups in total. The fourth-order valence-electron chi connectivity index (χ4n) is 2.29. The molecule has 0 fully saturated rings. The number of hydrogen-bond acceptors (Lipinski definition) is 2. The van der Waals surface area contributed by atoms with Crippen LogP contribution >= 0.6 is 0 Å². The molecule has 21 heavy (non-hydrogen) atoms. The lowest BCUT2D eigenvalue weighted by atomic mass is 10.1. The van der Waals surface area contributed by atoms with Crippen molar-refractivity contribution in [1.29, 1.82) is 0 Å². The highest BCUT2D eigenvalue weighted by molar-refractivity contribution is 7.89. The highest BCUT2D eigenvalue weighted by Gasteiger charge is 2.22. The molecule has 0 aliphatic heterocycles. The summed E-state index contributed by atoms with van der Waals surface area (Å²) in [5.74, 6) is 0. The molecule has 0 spiro atoms. The topological polar surface area (TPSA) is 37.4 Å². The zero-order chi connectivity index (χ0) is 15.6. The van der Waals surface area contributed by atoms with E-state index in [9.17, 15) is 8.42 Å². The predicted molar refractivity (Wildman–Crippen MR) is 85.7 cm³/mol. The monoisotopic (exact) mass is 303 g/mol. The molecule has 0 atom stereocenters. The van der Waals surface area contributed by atoms with Crippen LogP contribution in [0.3, 0.4) is 0 Å². The van der Waals surface area contributed by atoms with Crippen LogP contribution in [0.4, 0.5) is 0 Å². The molecule has 2 rings (SSSR count). The van der Waals surface area contributed by atoms with Crippen molar-refractivity contribution in [3.8, 4) is 0 Å². The van der Waals surface area contributed by atoms with Gasteiger partial charge in [-0.05, 0) is 38.0 Å². The van der Waals surface area contributed by atoms with Gasteiger partial charge in [0, 0.05) is 13.6 Å². The summed E-state index contributed by atoms with van der Waals surface area (Å²) in [4.78, 5) is 0.378. The summed E-state index contributed by atoms with van der Waals surface area (Å²) in [5.41, 5.74) is 3.99. The van der Waals surface area contributed by atoms with E-state index in [-0.39, 0.29) is 0 Å². The lowest BCUT2D eigenvalue weighted by Crippen LogP contribution is -2.27. The Hall–Kier alpha value is -1.65. The minimum absolute atomic E-state index is 0.371. The van der Waals surface area contributed by atoms with Gasteiger partial charge >= 0.3 is 0 Å². The second-order valence-corrected chi connectivity index (χ2v) is 7.53. The van der Waals surface area contributed by atoms with E-state index in [1.54, 1.807) is 13.1 Å². The molecule has 112 valence electrons. The third kappa shape index (κ3) is 3.52. The van der Waals surface area contributed by atoms with Gasteiger partial charge in [0.25, 0.3) is 0 Å². The molecule has 2 aromatic carbocycles. The standard InChI is InChI=1S/C17H21NO2S/c1-13-5-8-16(9-6-13)12-18(4)21(19,20)17-10-7-14(2)11-15(17)3/h5-11H,12H2,1-4H3. The number of benzene rings is 2. The molecule has 0 radical (unpaired) electrons. The van der Waals surface area contributed by atoms with Crippen LogP contribution in [0.25, 0.3) is 0 Å². The van der Waals surface area contributed by atoms with E-state index in [0.29, 0.717) is 11.4 Å².